The molecule has 1 aromatic heterocycles. The van der Waals surface area contributed by atoms with Crippen molar-refractivity contribution >= 4 is 5.69 Å². The fourth-order valence-electron chi connectivity index (χ4n) is 1.96. The smallest absolute Gasteiger partial charge is 0.270 e. The first-order valence-corrected chi connectivity index (χ1v) is 6.47. The van der Waals surface area contributed by atoms with Gasteiger partial charge in [0, 0.05) is 35.7 Å². The molecule has 2 rings (SSSR count). The Morgan fingerprint density at radius 3 is 2.76 bits per heavy atom. The number of rotatable bonds is 5. The summed E-state index contributed by atoms with van der Waals surface area (Å²) < 4.78 is 5.65. The molecule has 21 heavy (non-hydrogen) atoms. The van der Waals surface area contributed by atoms with Crippen LogP contribution in [0.15, 0.2) is 36.7 Å². The second-order valence-corrected chi connectivity index (χ2v) is 4.81. The lowest BCUT2D eigenvalue weighted by Gasteiger charge is -2.13. The van der Waals surface area contributed by atoms with Crippen LogP contribution in [0.3, 0.4) is 0 Å². The minimum Gasteiger partial charge on any atom is -0.488 e. The van der Waals surface area contributed by atoms with E-state index in [1.54, 1.807) is 19.3 Å². The van der Waals surface area contributed by atoms with Crippen LogP contribution in [0.4, 0.5) is 5.69 Å². The van der Waals surface area contributed by atoms with Gasteiger partial charge in [-0.05, 0) is 31.5 Å². The number of nitro groups is 1. The van der Waals surface area contributed by atoms with Crippen molar-refractivity contribution in [1.29, 1.82) is 0 Å². The van der Waals surface area contributed by atoms with Gasteiger partial charge in [0.15, 0.2) is 0 Å². The predicted octanol–water partition coefficient (Wildman–Crippen LogP) is 2.93. The maximum absolute atomic E-state index is 10.8. The van der Waals surface area contributed by atoms with Crippen molar-refractivity contribution in [2.75, 3.05) is 0 Å². The number of hydrogen-bond acceptors (Lipinski definition) is 5. The van der Waals surface area contributed by atoms with Crippen LogP contribution in [0.5, 0.6) is 5.75 Å². The molecule has 0 saturated heterocycles. The highest BCUT2D eigenvalue weighted by Gasteiger charge is 2.15. The minimum atomic E-state index is -0.851. The molecule has 6 heteroatoms. The second kappa shape index (κ2) is 6.32. The van der Waals surface area contributed by atoms with Crippen molar-refractivity contribution in [1.82, 2.24) is 4.98 Å². The van der Waals surface area contributed by atoms with Gasteiger partial charge in [0.1, 0.15) is 12.4 Å². The number of non-ortho nitro benzene ring substituents is 1. The van der Waals surface area contributed by atoms with Crippen LogP contribution < -0.4 is 4.74 Å². The van der Waals surface area contributed by atoms with Gasteiger partial charge < -0.3 is 9.84 Å². The summed E-state index contributed by atoms with van der Waals surface area (Å²) in [7, 11) is 0. The molecule has 6 nitrogen and oxygen atoms in total. The number of nitro benzene ring substituents is 1. The largest absolute Gasteiger partial charge is 0.488 e. The number of nitrogens with zero attached hydrogens (tertiary/aromatic N) is 2. The van der Waals surface area contributed by atoms with Crippen LogP contribution in [-0.2, 0) is 6.61 Å². The highest BCUT2D eigenvalue weighted by molar-refractivity contribution is 5.44. The standard InChI is InChI=1S/C15H16N2O4/c1-10-5-12(8-16-7-10)9-21-15-4-3-13(17(19)20)6-14(15)11(2)18/h3-8,11,18H,9H2,1-2H3. The number of aliphatic hydroxyl groups is 1. The topological polar surface area (TPSA) is 85.5 Å². The summed E-state index contributed by atoms with van der Waals surface area (Å²) in [5.74, 6) is 0.428. The van der Waals surface area contributed by atoms with Crippen molar-refractivity contribution in [2.24, 2.45) is 0 Å². The van der Waals surface area contributed by atoms with Crippen LogP contribution in [0, 0.1) is 17.0 Å². The molecule has 0 saturated carbocycles. The number of aromatic nitrogens is 1. The molecular weight excluding hydrogens is 272 g/mol. The molecule has 1 unspecified atom stereocenters. The highest BCUT2D eigenvalue weighted by atomic mass is 16.6. The van der Waals surface area contributed by atoms with Gasteiger partial charge in [0.05, 0.1) is 11.0 Å². The highest BCUT2D eigenvalue weighted by Crippen LogP contribution is 2.29. The molecule has 0 radical (unpaired) electrons. The first-order valence-electron chi connectivity index (χ1n) is 6.47. The summed E-state index contributed by atoms with van der Waals surface area (Å²) in [6.07, 6.45) is 2.59. The molecule has 1 atom stereocenters. The van der Waals surface area contributed by atoms with Gasteiger partial charge in [-0.15, -0.1) is 0 Å². The Kier molecular flexibility index (Phi) is 4.49. The summed E-state index contributed by atoms with van der Waals surface area (Å²) in [6, 6.07) is 6.13. The van der Waals surface area contributed by atoms with Crippen molar-refractivity contribution in [3.8, 4) is 5.75 Å². The van der Waals surface area contributed by atoms with E-state index in [1.807, 2.05) is 13.0 Å². The normalized spacial score (nSPS) is 12.0. The molecular formula is C15H16N2O4. The monoisotopic (exact) mass is 288 g/mol. The lowest BCUT2D eigenvalue weighted by molar-refractivity contribution is -0.385. The summed E-state index contributed by atoms with van der Waals surface area (Å²) in [4.78, 5) is 14.4. The molecule has 0 spiro atoms. The van der Waals surface area contributed by atoms with E-state index in [4.69, 9.17) is 4.74 Å². The van der Waals surface area contributed by atoms with Crippen LogP contribution in [0.2, 0.25) is 0 Å². The lowest BCUT2D eigenvalue weighted by Crippen LogP contribution is -2.02. The quantitative estimate of drug-likeness (QED) is 0.675. The summed E-state index contributed by atoms with van der Waals surface area (Å²) in [5.41, 5.74) is 2.24. The summed E-state index contributed by atoms with van der Waals surface area (Å²) in [6.45, 7) is 3.76. The molecule has 2 aromatic rings. The molecule has 1 heterocycles. The first-order chi connectivity index (χ1) is 9.97. The Morgan fingerprint density at radius 1 is 1.38 bits per heavy atom. The van der Waals surface area contributed by atoms with Gasteiger partial charge in [-0.1, -0.05) is 0 Å². The van der Waals surface area contributed by atoms with Crippen LogP contribution in [0.25, 0.3) is 0 Å². The van der Waals surface area contributed by atoms with Gasteiger partial charge in [-0.3, -0.25) is 15.1 Å². The van der Waals surface area contributed by atoms with Gasteiger partial charge in [0.2, 0.25) is 0 Å². The molecule has 0 fully saturated rings. The average Bonchev–Trinajstić information content (AvgIpc) is 2.44. The zero-order chi connectivity index (χ0) is 15.4. The Hall–Kier alpha value is -2.47. The fourth-order valence-corrected chi connectivity index (χ4v) is 1.96. The van der Waals surface area contributed by atoms with E-state index in [0.717, 1.165) is 11.1 Å². The molecule has 0 aliphatic heterocycles. The number of aliphatic hydroxyl groups excluding tert-OH is 1. The van der Waals surface area contributed by atoms with Crippen LogP contribution in [-0.4, -0.2) is 15.0 Å². The number of ether oxygens (including phenoxy) is 1. The Balaban J connectivity index is 2.21. The summed E-state index contributed by atoms with van der Waals surface area (Å²) >= 11 is 0. The van der Waals surface area contributed by atoms with E-state index in [0.29, 0.717) is 11.3 Å². The molecule has 0 aliphatic rings. The van der Waals surface area contributed by atoms with E-state index in [2.05, 4.69) is 4.98 Å². The van der Waals surface area contributed by atoms with Gasteiger partial charge in [-0.2, -0.15) is 0 Å². The van der Waals surface area contributed by atoms with E-state index < -0.39 is 11.0 Å². The second-order valence-electron chi connectivity index (χ2n) is 4.81. The maximum atomic E-state index is 10.8. The number of hydrogen-bond donors (Lipinski definition) is 1. The van der Waals surface area contributed by atoms with Crippen LogP contribution in [0.1, 0.15) is 29.7 Å². The van der Waals surface area contributed by atoms with Gasteiger partial charge >= 0.3 is 0 Å². The average molecular weight is 288 g/mol. The zero-order valence-corrected chi connectivity index (χ0v) is 11.8. The van der Waals surface area contributed by atoms with Crippen molar-refractivity contribution in [2.45, 2.75) is 26.6 Å². The third-order valence-electron chi connectivity index (χ3n) is 2.98. The Labute approximate surface area is 122 Å². The number of pyridine rings is 1. The Morgan fingerprint density at radius 2 is 2.14 bits per heavy atom. The zero-order valence-electron chi connectivity index (χ0n) is 11.8. The molecule has 0 bridgehead atoms. The third kappa shape index (κ3) is 3.76. The molecule has 0 amide bonds. The van der Waals surface area contributed by atoms with Crippen LogP contribution >= 0.6 is 0 Å². The predicted molar refractivity (Wildman–Crippen MR) is 77.0 cm³/mol. The maximum Gasteiger partial charge on any atom is 0.270 e. The first kappa shape index (κ1) is 14.9. The molecule has 0 aliphatic carbocycles. The fraction of sp³-hybridized carbons (Fsp3) is 0.267. The lowest BCUT2D eigenvalue weighted by atomic mass is 10.1. The minimum absolute atomic E-state index is 0.0736. The van der Waals surface area contributed by atoms with Gasteiger partial charge in [0.25, 0.3) is 5.69 Å². The van der Waals surface area contributed by atoms with E-state index in [9.17, 15) is 15.2 Å². The van der Waals surface area contributed by atoms with E-state index in [-0.39, 0.29) is 12.3 Å². The van der Waals surface area contributed by atoms with Gasteiger partial charge in [-0.25, -0.2) is 0 Å². The van der Waals surface area contributed by atoms with E-state index in [1.165, 1.54) is 18.2 Å². The number of benzene rings is 1. The third-order valence-corrected chi connectivity index (χ3v) is 2.98. The molecule has 110 valence electrons. The molecule has 1 aromatic carbocycles. The van der Waals surface area contributed by atoms with Crippen molar-refractivity contribution < 1.29 is 14.8 Å². The SMILES string of the molecule is Cc1cncc(COc2ccc([N+](=O)[O-])cc2C(C)O)c1. The van der Waals surface area contributed by atoms with Crippen molar-refractivity contribution in [3.63, 3.8) is 0 Å². The van der Waals surface area contributed by atoms with E-state index >= 15 is 0 Å². The summed E-state index contributed by atoms with van der Waals surface area (Å²) in [5, 5.41) is 20.5. The molecule has 1 N–H and O–H groups in total. The Bertz CT molecular complexity index is 656. The number of aryl methyl sites for hydroxylation is 1. The van der Waals surface area contributed by atoms with Crippen molar-refractivity contribution in [3.05, 3.63) is 63.5 Å².